The SMILES string of the molecule is CC1CN(C(=O)CS(=O)(=O)Cc2ccc(C#N)cc2)CC(C)O1. The maximum Gasteiger partial charge on any atom is 0.237 e. The van der Waals surface area contributed by atoms with Crippen molar-refractivity contribution in [1.29, 1.82) is 5.26 Å². The van der Waals surface area contributed by atoms with E-state index in [9.17, 15) is 13.2 Å². The van der Waals surface area contributed by atoms with Crippen molar-refractivity contribution in [2.75, 3.05) is 18.8 Å². The fraction of sp³-hybridized carbons (Fsp3) is 0.500. The van der Waals surface area contributed by atoms with E-state index >= 15 is 0 Å². The number of sulfone groups is 1. The monoisotopic (exact) mass is 336 g/mol. The van der Waals surface area contributed by atoms with Crippen molar-refractivity contribution in [2.24, 2.45) is 0 Å². The van der Waals surface area contributed by atoms with E-state index in [1.807, 2.05) is 19.9 Å². The highest BCUT2D eigenvalue weighted by molar-refractivity contribution is 7.91. The van der Waals surface area contributed by atoms with Crippen LogP contribution in [0.1, 0.15) is 25.0 Å². The molecule has 1 heterocycles. The number of carbonyl (C=O) groups excluding carboxylic acids is 1. The summed E-state index contributed by atoms with van der Waals surface area (Å²) in [6, 6.07) is 8.31. The van der Waals surface area contributed by atoms with Crippen LogP contribution in [0.3, 0.4) is 0 Å². The fourth-order valence-electron chi connectivity index (χ4n) is 2.64. The molecule has 0 bridgehead atoms. The molecule has 2 rings (SSSR count). The van der Waals surface area contributed by atoms with Crippen LogP contribution in [0, 0.1) is 11.3 Å². The molecule has 2 atom stereocenters. The standard InChI is InChI=1S/C16H20N2O4S/c1-12-8-18(9-13(2)22-12)16(19)11-23(20,21)10-15-5-3-14(7-17)4-6-15/h3-6,12-13H,8-11H2,1-2H3. The van der Waals surface area contributed by atoms with Gasteiger partial charge in [0.25, 0.3) is 0 Å². The lowest BCUT2D eigenvalue weighted by atomic mass is 10.2. The summed E-state index contributed by atoms with van der Waals surface area (Å²) in [5.41, 5.74) is 1.04. The Labute approximate surface area is 136 Å². The lowest BCUT2D eigenvalue weighted by molar-refractivity contribution is -0.140. The molecule has 23 heavy (non-hydrogen) atoms. The van der Waals surface area contributed by atoms with Gasteiger partial charge in [0.2, 0.25) is 5.91 Å². The Morgan fingerprint density at radius 2 is 1.83 bits per heavy atom. The van der Waals surface area contributed by atoms with E-state index in [0.717, 1.165) is 0 Å². The number of rotatable bonds is 4. The first-order chi connectivity index (χ1) is 10.8. The van der Waals surface area contributed by atoms with Gasteiger partial charge in [-0.15, -0.1) is 0 Å². The van der Waals surface area contributed by atoms with Crippen molar-refractivity contribution in [3.05, 3.63) is 35.4 Å². The predicted molar refractivity (Wildman–Crippen MR) is 85.2 cm³/mol. The van der Waals surface area contributed by atoms with Gasteiger partial charge in [-0.25, -0.2) is 8.42 Å². The molecule has 124 valence electrons. The first-order valence-corrected chi connectivity index (χ1v) is 9.24. The highest BCUT2D eigenvalue weighted by Gasteiger charge is 2.28. The maximum atomic E-state index is 12.2. The summed E-state index contributed by atoms with van der Waals surface area (Å²) in [5.74, 6) is -1.10. The van der Waals surface area contributed by atoms with E-state index in [1.54, 1.807) is 29.2 Å². The van der Waals surface area contributed by atoms with Gasteiger partial charge in [-0.1, -0.05) is 12.1 Å². The van der Waals surface area contributed by atoms with Crippen molar-refractivity contribution < 1.29 is 17.9 Å². The number of benzene rings is 1. The molecule has 1 aliphatic heterocycles. The van der Waals surface area contributed by atoms with Gasteiger partial charge in [-0.2, -0.15) is 5.26 Å². The maximum absolute atomic E-state index is 12.2. The van der Waals surface area contributed by atoms with Crippen LogP contribution in [0.4, 0.5) is 0 Å². The molecule has 1 saturated heterocycles. The highest BCUT2D eigenvalue weighted by atomic mass is 32.2. The summed E-state index contributed by atoms with van der Waals surface area (Å²) in [4.78, 5) is 13.8. The van der Waals surface area contributed by atoms with E-state index in [4.69, 9.17) is 10.00 Å². The molecule has 1 fully saturated rings. The van der Waals surface area contributed by atoms with Gasteiger partial charge < -0.3 is 9.64 Å². The number of ether oxygens (including phenoxy) is 1. The van der Waals surface area contributed by atoms with Crippen molar-refractivity contribution in [1.82, 2.24) is 4.90 Å². The van der Waals surface area contributed by atoms with Crippen LogP contribution in [-0.4, -0.2) is 50.3 Å². The number of nitrogens with zero attached hydrogens (tertiary/aromatic N) is 2. The molecule has 0 N–H and O–H groups in total. The fourth-order valence-corrected chi connectivity index (χ4v) is 4.00. The summed E-state index contributed by atoms with van der Waals surface area (Å²) >= 11 is 0. The average molecular weight is 336 g/mol. The number of carbonyl (C=O) groups is 1. The van der Waals surface area contributed by atoms with Gasteiger partial charge in [0, 0.05) is 13.1 Å². The minimum absolute atomic E-state index is 0.0936. The topological polar surface area (TPSA) is 87.5 Å². The molecular weight excluding hydrogens is 316 g/mol. The highest BCUT2D eigenvalue weighted by Crippen LogP contribution is 2.13. The third-order valence-electron chi connectivity index (χ3n) is 3.59. The molecule has 1 aliphatic rings. The van der Waals surface area contributed by atoms with E-state index < -0.39 is 15.6 Å². The Hall–Kier alpha value is -1.91. The summed E-state index contributed by atoms with van der Waals surface area (Å²) in [6.45, 7) is 4.55. The summed E-state index contributed by atoms with van der Waals surface area (Å²) in [7, 11) is -3.55. The smallest absolute Gasteiger partial charge is 0.237 e. The van der Waals surface area contributed by atoms with Crippen LogP contribution in [0.5, 0.6) is 0 Å². The third-order valence-corrected chi connectivity index (χ3v) is 5.05. The van der Waals surface area contributed by atoms with E-state index in [1.165, 1.54) is 0 Å². The molecule has 7 heteroatoms. The molecule has 1 aromatic rings. The first kappa shape index (κ1) is 17.4. The molecular formula is C16H20N2O4S. The Bertz CT molecular complexity index is 697. The van der Waals surface area contributed by atoms with Crippen molar-refractivity contribution in [2.45, 2.75) is 31.8 Å². The first-order valence-electron chi connectivity index (χ1n) is 7.42. The molecule has 1 aromatic carbocycles. The average Bonchev–Trinajstić information content (AvgIpc) is 2.46. The third kappa shape index (κ3) is 5.05. The predicted octanol–water partition coefficient (Wildman–Crippen LogP) is 1.11. The quantitative estimate of drug-likeness (QED) is 0.822. The summed E-state index contributed by atoms with van der Waals surface area (Å²) < 4.78 is 30.0. The van der Waals surface area contributed by atoms with Crippen molar-refractivity contribution >= 4 is 15.7 Å². The van der Waals surface area contributed by atoms with Gasteiger partial charge in [-0.05, 0) is 31.5 Å². The molecule has 2 unspecified atom stereocenters. The van der Waals surface area contributed by atoms with Crippen LogP contribution in [-0.2, 0) is 25.1 Å². The second-order valence-corrected chi connectivity index (χ2v) is 7.96. The Kier molecular flexibility index (Phi) is 5.39. The van der Waals surface area contributed by atoms with Gasteiger partial charge in [0.15, 0.2) is 9.84 Å². The van der Waals surface area contributed by atoms with E-state index in [0.29, 0.717) is 24.2 Å². The molecule has 0 radical (unpaired) electrons. The second kappa shape index (κ2) is 7.11. The molecule has 1 amide bonds. The largest absolute Gasteiger partial charge is 0.372 e. The van der Waals surface area contributed by atoms with Gasteiger partial charge in [0.1, 0.15) is 5.75 Å². The number of hydrogen-bond acceptors (Lipinski definition) is 5. The summed E-state index contributed by atoms with van der Waals surface area (Å²) in [6.07, 6.45) is -0.187. The normalized spacial score (nSPS) is 21.7. The molecule has 0 aromatic heterocycles. The van der Waals surface area contributed by atoms with Gasteiger partial charge in [0.05, 0.1) is 29.6 Å². The molecule has 0 spiro atoms. The summed E-state index contributed by atoms with van der Waals surface area (Å²) in [5, 5.41) is 8.74. The zero-order chi connectivity index (χ0) is 17.0. The molecule has 0 aliphatic carbocycles. The number of amides is 1. The number of morpholine rings is 1. The molecule has 6 nitrogen and oxygen atoms in total. The lowest BCUT2D eigenvalue weighted by Crippen LogP contribution is -2.49. The van der Waals surface area contributed by atoms with Crippen LogP contribution >= 0.6 is 0 Å². The van der Waals surface area contributed by atoms with Crippen LogP contribution < -0.4 is 0 Å². The Morgan fingerprint density at radius 3 is 2.35 bits per heavy atom. The number of hydrogen-bond donors (Lipinski definition) is 0. The van der Waals surface area contributed by atoms with Gasteiger partial charge >= 0.3 is 0 Å². The lowest BCUT2D eigenvalue weighted by Gasteiger charge is -2.35. The minimum atomic E-state index is -3.55. The second-order valence-electron chi connectivity index (χ2n) is 5.90. The van der Waals surface area contributed by atoms with Crippen LogP contribution in [0.2, 0.25) is 0 Å². The zero-order valence-electron chi connectivity index (χ0n) is 13.2. The zero-order valence-corrected chi connectivity index (χ0v) is 14.0. The van der Waals surface area contributed by atoms with Crippen LogP contribution in [0.25, 0.3) is 0 Å². The van der Waals surface area contributed by atoms with Gasteiger partial charge in [-0.3, -0.25) is 4.79 Å². The Morgan fingerprint density at radius 1 is 1.26 bits per heavy atom. The molecule has 0 saturated carbocycles. The number of nitriles is 1. The Balaban J connectivity index is 1.99. The van der Waals surface area contributed by atoms with E-state index in [2.05, 4.69) is 0 Å². The minimum Gasteiger partial charge on any atom is -0.372 e. The van der Waals surface area contributed by atoms with E-state index in [-0.39, 0.29) is 23.9 Å². The van der Waals surface area contributed by atoms with Crippen molar-refractivity contribution in [3.63, 3.8) is 0 Å². The van der Waals surface area contributed by atoms with Crippen molar-refractivity contribution in [3.8, 4) is 6.07 Å². The van der Waals surface area contributed by atoms with Crippen LogP contribution in [0.15, 0.2) is 24.3 Å².